The number of allylic oxidation sites excluding steroid dienone is 1. The smallest absolute Gasteiger partial charge is 0.123 e. The van der Waals surface area contributed by atoms with Gasteiger partial charge in [0.15, 0.2) is 0 Å². The molecule has 4 heteroatoms. The van der Waals surface area contributed by atoms with Gasteiger partial charge in [0.1, 0.15) is 5.82 Å². The Morgan fingerprint density at radius 1 is 1.16 bits per heavy atom. The van der Waals surface area contributed by atoms with Gasteiger partial charge in [0.05, 0.1) is 23.7 Å². The van der Waals surface area contributed by atoms with E-state index < -0.39 is 0 Å². The first-order valence-corrected chi connectivity index (χ1v) is 11.2. The van der Waals surface area contributed by atoms with Crippen molar-refractivity contribution in [3.63, 3.8) is 0 Å². The lowest BCUT2D eigenvalue weighted by atomic mass is 9.58. The number of benzene rings is 2. The van der Waals surface area contributed by atoms with Gasteiger partial charge in [-0.2, -0.15) is 5.10 Å². The number of nitrogens with zero attached hydrogens (tertiary/aromatic N) is 2. The SMILES string of the molecule is Cc1ccc(C[C@H](O)[C@H]2CCCC3=Cc4c(cnn4-c4ccc(F)cc4)C[C@@]32C)cc1. The average Bonchev–Trinajstić information content (AvgIpc) is 3.15. The normalized spacial score (nSPS) is 23.6. The zero-order valence-electron chi connectivity index (χ0n) is 18.2. The quantitative estimate of drug-likeness (QED) is 0.595. The Morgan fingerprint density at radius 3 is 2.65 bits per heavy atom. The maximum absolute atomic E-state index is 13.4. The lowest BCUT2D eigenvalue weighted by Gasteiger charge is -2.47. The Kier molecular flexibility index (Phi) is 5.05. The van der Waals surface area contributed by atoms with Crippen LogP contribution < -0.4 is 0 Å². The molecule has 0 amide bonds. The van der Waals surface area contributed by atoms with Gasteiger partial charge in [0.2, 0.25) is 0 Å². The zero-order valence-corrected chi connectivity index (χ0v) is 18.2. The van der Waals surface area contributed by atoms with Gasteiger partial charge in [-0.3, -0.25) is 0 Å². The molecule has 0 bridgehead atoms. The number of fused-ring (bicyclic) bond motifs is 2. The van der Waals surface area contributed by atoms with Crippen LogP contribution in [0.2, 0.25) is 0 Å². The molecule has 5 rings (SSSR count). The Bertz CT molecular complexity index is 1110. The fourth-order valence-electron chi connectivity index (χ4n) is 5.59. The Labute approximate surface area is 183 Å². The van der Waals surface area contributed by atoms with E-state index in [0.717, 1.165) is 37.1 Å². The number of aryl methyl sites for hydroxylation is 1. The molecule has 3 atom stereocenters. The van der Waals surface area contributed by atoms with E-state index in [1.165, 1.54) is 34.4 Å². The van der Waals surface area contributed by atoms with Gasteiger partial charge in [-0.05, 0) is 91.8 Å². The third kappa shape index (κ3) is 3.63. The Balaban J connectivity index is 1.44. The van der Waals surface area contributed by atoms with Crippen LogP contribution in [-0.2, 0) is 12.8 Å². The highest BCUT2D eigenvalue weighted by molar-refractivity contribution is 5.61. The Hall–Kier alpha value is -2.72. The molecule has 3 aromatic rings. The van der Waals surface area contributed by atoms with Gasteiger partial charge in [-0.25, -0.2) is 9.07 Å². The maximum atomic E-state index is 13.4. The highest BCUT2D eigenvalue weighted by Gasteiger charge is 2.46. The van der Waals surface area contributed by atoms with E-state index in [2.05, 4.69) is 49.3 Å². The van der Waals surface area contributed by atoms with E-state index in [-0.39, 0.29) is 23.3 Å². The van der Waals surface area contributed by atoms with Crippen molar-refractivity contribution in [2.24, 2.45) is 11.3 Å². The van der Waals surface area contributed by atoms with Crippen LogP contribution in [0, 0.1) is 24.1 Å². The average molecular weight is 417 g/mol. The first-order valence-electron chi connectivity index (χ1n) is 11.2. The molecular formula is C27H29FN2O. The summed E-state index contributed by atoms with van der Waals surface area (Å²) in [6.07, 6.45) is 8.61. The zero-order chi connectivity index (χ0) is 21.6. The van der Waals surface area contributed by atoms with Crippen molar-refractivity contribution in [2.45, 2.75) is 52.1 Å². The van der Waals surface area contributed by atoms with E-state index in [9.17, 15) is 9.50 Å². The summed E-state index contributed by atoms with van der Waals surface area (Å²) >= 11 is 0. The van der Waals surface area contributed by atoms with Crippen molar-refractivity contribution in [1.82, 2.24) is 9.78 Å². The highest BCUT2D eigenvalue weighted by Crippen LogP contribution is 2.52. The van der Waals surface area contributed by atoms with Gasteiger partial charge >= 0.3 is 0 Å². The molecule has 31 heavy (non-hydrogen) atoms. The van der Waals surface area contributed by atoms with E-state index in [4.69, 9.17) is 0 Å². The number of aliphatic hydroxyl groups is 1. The second-order valence-electron chi connectivity index (χ2n) is 9.46. The second-order valence-corrected chi connectivity index (χ2v) is 9.46. The van der Waals surface area contributed by atoms with Crippen molar-refractivity contribution in [2.75, 3.05) is 0 Å². The monoisotopic (exact) mass is 416 g/mol. The van der Waals surface area contributed by atoms with Crippen LogP contribution in [0.3, 0.4) is 0 Å². The molecule has 1 aromatic heterocycles. The predicted molar refractivity (Wildman–Crippen MR) is 122 cm³/mol. The van der Waals surface area contributed by atoms with E-state index in [1.807, 2.05) is 10.9 Å². The van der Waals surface area contributed by atoms with Gasteiger partial charge in [-0.1, -0.05) is 42.3 Å². The molecule has 2 aromatic carbocycles. The number of rotatable bonds is 4. The molecule has 160 valence electrons. The van der Waals surface area contributed by atoms with E-state index >= 15 is 0 Å². The minimum atomic E-state index is -0.370. The van der Waals surface area contributed by atoms with Gasteiger partial charge in [-0.15, -0.1) is 0 Å². The lowest BCUT2D eigenvalue weighted by Crippen LogP contribution is -2.43. The molecule has 1 N–H and O–H groups in total. The van der Waals surface area contributed by atoms with Crippen molar-refractivity contribution in [1.29, 1.82) is 0 Å². The van der Waals surface area contributed by atoms with Crippen LogP contribution >= 0.6 is 0 Å². The minimum absolute atomic E-state index is 0.0635. The van der Waals surface area contributed by atoms with Crippen molar-refractivity contribution in [3.8, 4) is 5.69 Å². The van der Waals surface area contributed by atoms with Crippen LogP contribution in [0.1, 0.15) is 48.6 Å². The van der Waals surface area contributed by atoms with E-state index in [0.29, 0.717) is 6.42 Å². The molecule has 0 aliphatic heterocycles. The standard InChI is InChI=1S/C27H29FN2O/c1-18-6-8-19(9-7-18)14-26(31)24-5-3-4-21-15-25-20(16-27(21,24)2)17-29-30(25)23-12-10-22(28)11-13-23/h6-13,15,17,24,26,31H,3-5,14,16H2,1-2H3/t24-,26+,27+/m1/s1. The molecule has 0 radical (unpaired) electrons. The van der Waals surface area contributed by atoms with Crippen molar-refractivity contribution >= 4 is 6.08 Å². The maximum Gasteiger partial charge on any atom is 0.123 e. The number of aromatic nitrogens is 2. The number of halogens is 1. The number of aliphatic hydroxyl groups excluding tert-OH is 1. The predicted octanol–water partition coefficient (Wildman–Crippen LogP) is 5.67. The number of hydrogen-bond acceptors (Lipinski definition) is 2. The van der Waals surface area contributed by atoms with Gasteiger partial charge in [0.25, 0.3) is 0 Å². The van der Waals surface area contributed by atoms with E-state index in [1.54, 1.807) is 12.1 Å². The third-order valence-electron chi connectivity index (χ3n) is 7.37. The summed E-state index contributed by atoms with van der Waals surface area (Å²) in [4.78, 5) is 0. The molecule has 3 nitrogen and oxygen atoms in total. The molecule has 2 aliphatic carbocycles. The van der Waals surface area contributed by atoms with Crippen LogP contribution in [0.4, 0.5) is 4.39 Å². The summed E-state index contributed by atoms with van der Waals surface area (Å²) < 4.78 is 15.3. The lowest BCUT2D eigenvalue weighted by molar-refractivity contribution is 0.0234. The van der Waals surface area contributed by atoms with Crippen LogP contribution in [-0.4, -0.2) is 21.0 Å². The van der Waals surface area contributed by atoms with Gasteiger partial charge in [0, 0.05) is 0 Å². The summed E-state index contributed by atoms with van der Waals surface area (Å²) in [6.45, 7) is 4.41. The van der Waals surface area contributed by atoms with Crippen LogP contribution in [0.15, 0.2) is 60.3 Å². The third-order valence-corrected chi connectivity index (χ3v) is 7.37. The van der Waals surface area contributed by atoms with Crippen LogP contribution in [0.5, 0.6) is 0 Å². The summed E-state index contributed by atoms with van der Waals surface area (Å²) in [7, 11) is 0. The van der Waals surface area contributed by atoms with Crippen LogP contribution in [0.25, 0.3) is 11.8 Å². The molecular weight excluding hydrogens is 387 g/mol. The molecule has 0 saturated heterocycles. The molecule has 1 saturated carbocycles. The summed E-state index contributed by atoms with van der Waals surface area (Å²) in [5, 5.41) is 15.9. The summed E-state index contributed by atoms with van der Waals surface area (Å²) in [5.41, 5.74) is 6.94. The fraction of sp³-hybridized carbons (Fsp3) is 0.370. The largest absolute Gasteiger partial charge is 0.392 e. The summed E-state index contributed by atoms with van der Waals surface area (Å²) in [6, 6.07) is 15.0. The van der Waals surface area contributed by atoms with Crippen molar-refractivity contribution < 1.29 is 9.50 Å². The molecule has 0 spiro atoms. The Morgan fingerprint density at radius 2 is 1.90 bits per heavy atom. The second kappa shape index (κ2) is 7.76. The van der Waals surface area contributed by atoms with Crippen molar-refractivity contribution in [3.05, 3.63) is 88.5 Å². The topological polar surface area (TPSA) is 38.1 Å². The fourth-order valence-corrected chi connectivity index (χ4v) is 5.59. The summed E-state index contributed by atoms with van der Waals surface area (Å²) in [5.74, 6) is -0.0236. The molecule has 0 unspecified atom stereocenters. The number of hydrogen-bond donors (Lipinski definition) is 1. The minimum Gasteiger partial charge on any atom is -0.392 e. The first kappa shape index (κ1) is 20.2. The molecule has 1 heterocycles. The molecule has 1 fully saturated rings. The first-order chi connectivity index (χ1) is 14.9. The van der Waals surface area contributed by atoms with Gasteiger partial charge < -0.3 is 5.11 Å². The highest BCUT2D eigenvalue weighted by atomic mass is 19.1. The molecule has 2 aliphatic rings.